The maximum atomic E-state index is 2.53. The number of hydrogen-bond acceptors (Lipinski definition) is 0. The zero-order valence-corrected chi connectivity index (χ0v) is 27.6. The highest BCUT2D eigenvalue weighted by molar-refractivity contribution is 6.26. The van der Waals surface area contributed by atoms with Gasteiger partial charge in [0.2, 0.25) is 0 Å². The van der Waals surface area contributed by atoms with Crippen LogP contribution < -0.4 is 0 Å². The minimum absolute atomic E-state index is 1.16. The first-order chi connectivity index (χ1) is 25.3. The molecule has 0 aliphatic rings. The smallest absolute Gasteiger partial charge is 0.0568 e. The standard InChI is InChI=1S/C48H29N3/c1-2-14-35-30(12-1)13-11-23-40(35)51-45-28-33(49-41-19-7-3-15-36(41)37-16-4-8-20-42(37)49)26-31-24-25-32-27-34(29-46(51)48(32)47(31)45)50-43-21-9-5-17-38(43)39-18-6-10-22-44(39)50/h1-29H. The molecule has 0 atom stereocenters. The molecule has 0 unspecified atom stereocenters. The predicted molar refractivity (Wildman–Crippen MR) is 216 cm³/mol. The van der Waals surface area contributed by atoms with Gasteiger partial charge in [-0.1, -0.05) is 121 Å². The van der Waals surface area contributed by atoms with Crippen molar-refractivity contribution in [3.8, 4) is 17.1 Å². The highest BCUT2D eigenvalue weighted by Gasteiger charge is 2.22. The van der Waals surface area contributed by atoms with E-state index >= 15 is 0 Å². The van der Waals surface area contributed by atoms with Gasteiger partial charge in [-0.05, 0) is 70.8 Å². The van der Waals surface area contributed by atoms with E-state index < -0.39 is 0 Å². The topological polar surface area (TPSA) is 14.8 Å². The van der Waals surface area contributed by atoms with Gasteiger partial charge in [-0.2, -0.15) is 0 Å². The van der Waals surface area contributed by atoms with Crippen molar-refractivity contribution in [1.82, 2.24) is 13.7 Å². The molecule has 0 radical (unpaired) electrons. The average molecular weight is 648 g/mol. The molecule has 12 aromatic rings. The Hall–Kier alpha value is -6.84. The first kappa shape index (κ1) is 27.0. The zero-order valence-electron chi connectivity index (χ0n) is 27.6. The van der Waals surface area contributed by atoms with E-state index in [2.05, 4.69) is 190 Å². The molecule has 0 aliphatic heterocycles. The average Bonchev–Trinajstić information content (AvgIpc) is 3.83. The molecule has 0 aliphatic carbocycles. The van der Waals surface area contributed by atoms with Crippen LogP contribution in [-0.2, 0) is 0 Å². The van der Waals surface area contributed by atoms with Crippen molar-refractivity contribution >= 4 is 87.0 Å². The molecule has 0 fully saturated rings. The summed E-state index contributed by atoms with van der Waals surface area (Å²) in [5, 5.41) is 12.6. The second kappa shape index (κ2) is 9.87. The van der Waals surface area contributed by atoms with E-state index in [0.717, 1.165) is 11.4 Å². The van der Waals surface area contributed by atoms with Crippen LogP contribution in [0.5, 0.6) is 0 Å². The molecule has 0 amide bonds. The van der Waals surface area contributed by atoms with Gasteiger partial charge in [0.25, 0.3) is 0 Å². The molecule has 3 heteroatoms. The Morgan fingerprint density at radius 1 is 0.255 bits per heavy atom. The van der Waals surface area contributed by atoms with E-state index in [-0.39, 0.29) is 0 Å². The molecule has 3 aromatic heterocycles. The Morgan fingerprint density at radius 2 is 0.647 bits per heavy atom. The number of rotatable bonds is 3. The molecule has 236 valence electrons. The van der Waals surface area contributed by atoms with Crippen LogP contribution >= 0.6 is 0 Å². The third-order valence-electron chi connectivity index (χ3n) is 11.1. The van der Waals surface area contributed by atoms with E-state index in [1.807, 2.05) is 0 Å². The van der Waals surface area contributed by atoms with Crippen molar-refractivity contribution in [3.63, 3.8) is 0 Å². The maximum absolute atomic E-state index is 2.53. The first-order valence-electron chi connectivity index (χ1n) is 17.6. The van der Waals surface area contributed by atoms with Gasteiger partial charge < -0.3 is 13.7 Å². The molecule has 0 N–H and O–H groups in total. The summed E-state index contributed by atoms with van der Waals surface area (Å²) in [6, 6.07) is 64.8. The molecule has 0 saturated carbocycles. The molecule has 3 heterocycles. The number of aromatic nitrogens is 3. The molecule has 0 bridgehead atoms. The summed E-state index contributed by atoms with van der Waals surface area (Å²) in [6.07, 6.45) is 0. The normalized spacial score (nSPS) is 12.3. The monoisotopic (exact) mass is 647 g/mol. The molecular formula is C48H29N3. The van der Waals surface area contributed by atoms with E-state index in [1.165, 1.54) is 92.6 Å². The van der Waals surface area contributed by atoms with Gasteiger partial charge in [-0.25, -0.2) is 0 Å². The van der Waals surface area contributed by atoms with Crippen LogP contribution in [0.15, 0.2) is 176 Å². The third kappa shape index (κ3) is 3.57. The van der Waals surface area contributed by atoms with Crippen LogP contribution in [0.2, 0.25) is 0 Å². The Morgan fingerprint density at radius 3 is 1.12 bits per heavy atom. The van der Waals surface area contributed by atoms with Crippen molar-refractivity contribution in [2.45, 2.75) is 0 Å². The van der Waals surface area contributed by atoms with E-state index in [4.69, 9.17) is 0 Å². The number of nitrogens with zero attached hydrogens (tertiary/aromatic N) is 3. The van der Waals surface area contributed by atoms with Crippen molar-refractivity contribution in [2.75, 3.05) is 0 Å². The van der Waals surface area contributed by atoms with Crippen molar-refractivity contribution in [2.24, 2.45) is 0 Å². The summed E-state index contributed by atoms with van der Waals surface area (Å²) in [5.74, 6) is 0. The lowest BCUT2D eigenvalue weighted by Crippen LogP contribution is -1.99. The molecule has 12 rings (SSSR count). The number of para-hydroxylation sites is 4. The predicted octanol–water partition coefficient (Wildman–Crippen LogP) is 12.7. The van der Waals surface area contributed by atoms with E-state index in [0.29, 0.717) is 0 Å². The van der Waals surface area contributed by atoms with Crippen LogP contribution in [0, 0.1) is 0 Å². The second-order valence-corrected chi connectivity index (χ2v) is 13.8. The summed E-state index contributed by atoms with van der Waals surface area (Å²) >= 11 is 0. The SMILES string of the molecule is c1ccc2c(-n3c4cc(-n5c6ccccc6c6ccccc65)cc5ccc6cc(-n7c8ccccc8c8ccccc87)cc3c6c54)cccc2c1. The highest BCUT2D eigenvalue weighted by atomic mass is 15.0. The van der Waals surface area contributed by atoms with Crippen molar-refractivity contribution < 1.29 is 0 Å². The summed E-state index contributed by atoms with van der Waals surface area (Å²) in [4.78, 5) is 0. The second-order valence-electron chi connectivity index (χ2n) is 13.8. The zero-order chi connectivity index (χ0) is 33.2. The highest BCUT2D eigenvalue weighted by Crippen LogP contribution is 2.44. The molecule has 0 spiro atoms. The van der Waals surface area contributed by atoms with Gasteiger partial charge in [0.05, 0.1) is 38.8 Å². The first-order valence-corrected chi connectivity index (χ1v) is 17.6. The Bertz CT molecular complexity index is 3070. The fourth-order valence-electron chi connectivity index (χ4n) is 9.06. The van der Waals surface area contributed by atoms with Crippen LogP contribution in [0.4, 0.5) is 0 Å². The summed E-state index contributed by atoms with van der Waals surface area (Å²) < 4.78 is 7.42. The fraction of sp³-hybridized carbons (Fsp3) is 0. The molecule has 51 heavy (non-hydrogen) atoms. The summed E-state index contributed by atoms with van der Waals surface area (Å²) in [7, 11) is 0. The number of benzene rings is 9. The van der Waals surface area contributed by atoms with Gasteiger partial charge in [-0.3, -0.25) is 0 Å². The van der Waals surface area contributed by atoms with Gasteiger partial charge in [0, 0.05) is 49.1 Å². The molecule has 9 aromatic carbocycles. The Kier molecular flexibility index (Phi) is 5.23. The minimum atomic E-state index is 1.16. The van der Waals surface area contributed by atoms with Crippen molar-refractivity contribution in [1.29, 1.82) is 0 Å². The number of fused-ring (bicyclic) bond motifs is 7. The van der Waals surface area contributed by atoms with Crippen LogP contribution in [0.3, 0.4) is 0 Å². The summed E-state index contributed by atoms with van der Waals surface area (Å²) in [5.41, 5.74) is 10.8. The van der Waals surface area contributed by atoms with E-state index in [9.17, 15) is 0 Å². The molecular weight excluding hydrogens is 619 g/mol. The lowest BCUT2D eigenvalue weighted by molar-refractivity contribution is 1.15. The Balaban J connectivity index is 1.26. The van der Waals surface area contributed by atoms with E-state index in [1.54, 1.807) is 0 Å². The lowest BCUT2D eigenvalue weighted by atomic mass is 10.0. The molecule has 3 nitrogen and oxygen atoms in total. The van der Waals surface area contributed by atoms with Gasteiger partial charge in [0.1, 0.15) is 0 Å². The van der Waals surface area contributed by atoms with Gasteiger partial charge in [0.15, 0.2) is 0 Å². The fourth-order valence-corrected chi connectivity index (χ4v) is 9.06. The van der Waals surface area contributed by atoms with Crippen molar-refractivity contribution in [3.05, 3.63) is 176 Å². The lowest BCUT2D eigenvalue weighted by Gasteiger charge is -2.14. The third-order valence-corrected chi connectivity index (χ3v) is 11.1. The Labute approximate surface area is 292 Å². The van der Waals surface area contributed by atoms with Gasteiger partial charge >= 0.3 is 0 Å². The summed E-state index contributed by atoms with van der Waals surface area (Å²) in [6.45, 7) is 0. The number of hydrogen-bond donors (Lipinski definition) is 0. The minimum Gasteiger partial charge on any atom is -0.309 e. The van der Waals surface area contributed by atoms with Crippen LogP contribution in [0.1, 0.15) is 0 Å². The van der Waals surface area contributed by atoms with Gasteiger partial charge in [-0.15, -0.1) is 0 Å². The van der Waals surface area contributed by atoms with Crippen LogP contribution in [0.25, 0.3) is 104 Å². The molecule has 0 saturated heterocycles. The quantitative estimate of drug-likeness (QED) is 0.170. The van der Waals surface area contributed by atoms with Crippen LogP contribution in [-0.4, -0.2) is 13.7 Å². The maximum Gasteiger partial charge on any atom is 0.0568 e. The largest absolute Gasteiger partial charge is 0.309 e.